The van der Waals surface area contributed by atoms with Crippen LogP contribution in [0.2, 0.25) is 0 Å². The summed E-state index contributed by atoms with van der Waals surface area (Å²) in [5.74, 6) is -0.133. The fraction of sp³-hybridized carbons (Fsp3) is 0.462. The van der Waals surface area contributed by atoms with Gasteiger partial charge in [0, 0.05) is 11.7 Å². The molecule has 0 N–H and O–H groups in total. The Labute approximate surface area is 102 Å². The maximum absolute atomic E-state index is 12.2. The van der Waals surface area contributed by atoms with Crippen molar-refractivity contribution in [2.45, 2.75) is 33.7 Å². The number of nitrogens with zero attached hydrogens (tertiary/aromatic N) is 3. The van der Waals surface area contributed by atoms with Crippen molar-refractivity contribution in [1.82, 2.24) is 9.88 Å². The van der Waals surface area contributed by atoms with Crippen LogP contribution in [-0.2, 0) is 0 Å². The first-order chi connectivity index (χ1) is 7.97. The van der Waals surface area contributed by atoms with Gasteiger partial charge < -0.3 is 4.90 Å². The quantitative estimate of drug-likeness (QED) is 0.748. The lowest BCUT2D eigenvalue weighted by atomic mass is 10.1. The number of amides is 1. The lowest BCUT2D eigenvalue weighted by Gasteiger charge is -2.24. The van der Waals surface area contributed by atoms with Gasteiger partial charge in [0.2, 0.25) is 0 Å². The van der Waals surface area contributed by atoms with Gasteiger partial charge >= 0.3 is 0 Å². The number of pyridine rings is 1. The van der Waals surface area contributed by atoms with Gasteiger partial charge in [0.15, 0.2) is 0 Å². The summed E-state index contributed by atoms with van der Waals surface area (Å²) in [4.78, 5) is 18.1. The molecule has 0 fully saturated rings. The standard InChI is InChI=1S/C13H17N3O/c1-9(2)16(8-7-14)13(17)12-6-5-10(3)15-11(12)4/h5-6,9H,8H2,1-4H3. The van der Waals surface area contributed by atoms with Gasteiger partial charge in [-0.05, 0) is 39.8 Å². The Hall–Kier alpha value is -1.89. The van der Waals surface area contributed by atoms with Crippen molar-refractivity contribution in [1.29, 1.82) is 5.26 Å². The number of hydrogen-bond donors (Lipinski definition) is 0. The zero-order valence-corrected chi connectivity index (χ0v) is 10.7. The van der Waals surface area contributed by atoms with Crippen molar-refractivity contribution in [3.63, 3.8) is 0 Å². The Kier molecular flexibility index (Phi) is 4.22. The molecule has 0 aliphatic heterocycles. The molecular weight excluding hydrogens is 214 g/mol. The highest BCUT2D eigenvalue weighted by molar-refractivity contribution is 5.95. The minimum Gasteiger partial charge on any atom is -0.323 e. The van der Waals surface area contributed by atoms with E-state index in [1.54, 1.807) is 11.0 Å². The Bertz CT molecular complexity index is 460. The summed E-state index contributed by atoms with van der Waals surface area (Å²) >= 11 is 0. The van der Waals surface area contributed by atoms with E-state index in [0.29, 0.717) is 11.3 Å². The average Bonchev–Trinajstić information content (AvgIpc) is 2.24. The number of hydrogen-bond acceptors (Lipinski definition) is 3. The van der Waals surface area contributed by atoms with E-state index in [2.05, 4.69) is 4.98 Å². The number of aryl methyl sites for hydroxylation is 2. The lowest BCUT2D eigenvalue weighted by Crippen LogP contribution is -2.37. The fourth-order valence-corrected chi connectivity index (χ4v) is 1.63. The van der Waals surface area contributed by atoms with E-state index in [0.717, 1.165) is 5.69 Å². The molecule has 4 heteroatoms. The molecule has 1 heterocycles. The molecule has 0 bridgehead atoms. The van der Waals surface area contributed by atoms with Crippen LogP contribution >= 0.6 is 0 Å². The van der Waals surface area contributed by atoms with E-state index >= 15 is 0 Å². The first-order valence-corrected chi connectivity index (χ1v) is 5.59. The Morgan fingerprint density at radius 2 is 2.12 bits per heavy atom. The van der Waals surface area contributed by atoms with Gasteiger partial charge in [-0.15, -0.1) is 0 Å². The zero-order chi connectivity index (χ0) is 13.0. The number of carbonyl (C=O) groups is 1. The van der Waals surface area contributed by atoms with Crippen molar-refractivity contribution in [2.75, 3.05) is 6.54 Å². The normalized spacial score (nSPS) is 10.1. The van der Waals surface area contributed by atoms with Crippen molar-refractivity contribution in [2.24, 2.45) is 0 Å². The molecular formula is C13H17N3O. The van der Waals surface area contributed by atoms with Crippen LogP contribution in [0.3, 0.4) is 0 Å². The molecule has 0 saturated heterocycles. The Morgan fingerprint density at radius 3 is 2.59 bits per heavy atom. The molecule has 0 aromatic carbocycles. The summed E-state index contributed by atoms with van der Waals surface area (Å²) in [6, 6.07) is 5.60. The molecule has 1 amide bonds. The zero-order valence-electron chi connectivity index (χ0n) is 10.7. The second-order valence-electron chi connectivity index (χ2n) is 4.27. The van der Waals surface area contributed by atoms with Crippen LogP contribution in [-0.4, -0.2) is 28.4 Å². The fourth-order valence-electron chi connectivity index (χ4n) is 1.63. The number of nitriles is 1. The molecule has 0 saturated carbocycles. The van der Waals surface area contributed by atoms with Crippen molar-refractivity contribution >= 4 is 5.91 Å². The summed E-state index contributed by atoms with van der Waals surface area (Å²) in [5.41, 5.74) is 2.16. The summed E-state index contributed by atoms with van der Waals surface area (Å²) in [7, 11) is 0. The molecule has 0 atom stereocenters. The predicted molar refractivity (Wildman–Crippen MR) is 65.5 cm³/mol. The molecule has 0 radical (unpaired) electrons. The molecule has 1 aromatic rings. The van der Waals surface area contributed by atoms with Crippen LogP contribution in [0.1, 0.15) is 35.6 Å². The first kappa shape index (κ1) is 13.2. The molecule has 4 nitrogen and oxygen atoms in total. The SMILES string of the molecule is Cc1ccc(C(=O)N(CC#N)C(C)C)c(C)n1. The van der Waals surface area contributed by atoms with Gasteiger partial charge in [-0.2, -0.15) is 5.26 Å². The van der Waals surface area contributed by atoms with E-state index in [-0.39, 0.29) is 18.5 Å². The minimum absolute atomic E-state index is 0.00264. The highest BCUT2D eigenvalue weighted by Gasteiger charge is 2.20. The van der Waals surface area contributed by atoms with Gasteiger partial charge in [-0.1, -0.05) is 0 Å². The van der Waals surface area contributed by atoms with E-state index in [1.807, 2.05) is 39.8 Å². The average molecular weight is 231 g/mol. The van der Waals surface area contributed by atoms with Crippen LogP contribution < -0.4 is 0 Å². The topological polar surface area (TPSA) is 57.0 Å². The monoisotopic (exact) mass is 231 g/mol. The third-order valence-corrected chi connectivity index (χ3v) is 2.58. The van der Waals surface area contributed by atoms with Crippen LogP contribution in [0.25, 0.3) is 0 Å². The summed E-state index contributed by atoms with van der Waals surface area (Å²) in [5, 5.41) is 8.74. The molecule has 0 aliphatic carbocycles. The van der Waals surface area contributed by atoms with Gasteiger partial charge in [0.25, 0.3) is 5.91 Å². The van der Waals surface area contributed by atoms with Crippen LogP contribution in [0.4, 0.5) is 0 Å². The third-order valence-electron chi connectivity index (χ3n) is 2.58. The second-order valence-corrected chi connectivity index (χ2v) is 4.27. The number of carbonyl (C=O) groups excluding carboxylic acids is 1. The van der Waals surface area contributed by atoms with E-state index < -0.39 is 0 Å². The Balaban J connectivity index is 3.06. The van der Waals surface area contributed by atoms with Crippen LogP contribution in [0.5, 0.6) is 0 Å². The second kappa shape index (κ2) is 5.44. The lowest BCUT2D eigenvalue weighted by molar-refractivity contribution is 0.0730. The van der Waals surface area contributed by atoms with Gasteiger partial charge in [0.1, 0.15) is 6.54 Å². The van der Waals surface area contributed by atoms with Crippen molar-refractivity contribution < 1.29 is 4.79 Å². The van der Waals surface area contributed by atoms with E-state index in [4.69, 9.17) is 5.26 Å². The summed E-state index contributed by atoms with van der Waals surface area (Å²) < 4.78 is 0. The van der Waals surface area contributed by atoms with Gasteiger partial charge in [-0.25, -0.2) is 0 Å². The molecule has 0 unspecified atom stereocenters. The van der Waals surface area contributed by atoms with Crippen molar-refractivity contribution in [3.05, 3.63) is 29.1 Å². The van der Waals surface area contributed by atoms with Gasteiger partial charge in [0.05, 0.1) is 17.3 Å². The minimum atomic E-state index is -0.133. The van der Waals surface area contributed by atoms with Crippen LogP contribution in [0.15, 0.2) is 12.1 Å². The predicted octanol–water partition coefficient (Wildman–Crippen LogP) is 2.07. The van der Waals surface area contributed by atoms with Gasteiger partial charge in [-0.3, -0.25) is 9.78 Å². The molecule has 17 heavy (non-hydrogen) atoms. The summed E-state index contributed by atoms with van der Waals surface area (Å²) in [6.45, 7) is 7.59. The summed E-state index contributed by atoms with van der Waals surface area (Å²) in [6.07, 6.45) is 0. The molecule has 0 spiro atoms. The van der Waals surface area contributed by atoms with E-state index in [1.165, 1.54) is 0 Å². The molecule has 0 aliphatic rings. The third kappa shape index (κ3) is 3.04. The van der Waals surface area contributed by atoms with Crippen molar-refractivity contribution in [3.8, 4) is 6.07 Å². The number of rotatable bonds is 3. The van der Waals surface area contributed by atoms with Crippen LogP contribution in [0, 0.1) is 25.2 Å². The highest BCUT2D eigenvalue weighted by atomic mass is 16.2. The molecule has 1 aromatic heterocycles. The highest BCUT2D eigenvalue weighted by Crippen LogP contribution is 2.12. The molecule has 1 rings (SSSR count). The Morgan fingerprint density at radius 1 is 1.47 bits per heavy atom. The van der Waals surface area contributed by atoms with E-state index in [9.17, 15) is 4.79 Å². The number of aromatic nitrogens is 1. The molecule has 90 valence electrons. The largest absolute Gasteiger partial charge is 0.323 e. The maximum atomic E-state index is 12.2. The smallest absolute Gasteiger partial charge is 0.256 e. The first-order valence-electron chi connectivity index (χ1n) is 5.59. The maximum Gasteiger partial charge on any atom is 0.256 e.